The summed E-state index contributed by atoms with van der Waals surface area (Å²) in [5.74, 6) is 0.116. The Balaban J connectivity index is 1.62. The van der Waals surface area contributed by atoms with Gasteiger partial charge in [0, 0.05) is 17.7 Å². The fourth-order valence-electron chi connectivity index (χ4n) is 3.18. The lowest BCUT2D eigenvalue weighted by Crippen LogP contribution is -2.24. The number of ether oxygens (including phenoxy) is 2. The number of hydrogen-bond donors (Lipinski definition) is 0. The van der Waals surface area contributed by atoms with E-state index in [1.54, 1.807) is 0 Å². The van der Waals surface area contributed by atoms with E-state index in [9.17, 15) is 14.9 Å². The van der Waals surface area contributed by atoms with Crippen LogP contribution in [0.15, 0.2) is 91.0 Å². The van der Waals surface area contributed by atoms with Crippen LogP contribution in [-0.4, -0.2) is 10.9 Å². The molecule has 0 aliphatic rings. The highest BCUT2D eigenvalue weighted by Crippen LogP contribution is 2.28. The Labute approximate surface area is 178 Å². The number of nitro benzene ring substituents is 1. The van der Waals surface area contributed by atoms with Crippen LogP contribution in [-0.2, 0) is 4.79 Å². The Hall–Kier alpha value is -4.19. The molecule has 4 aromatic rings. The number of rotatable bonds is 6. The first-order chi connectivity index (χ1) is 15.0. The Bertz CT molecular complexity index is 1230. The van der Waals surface area contributed by atoms with Crippen LogP contribution in [0.4, 0.5) is 5.69 Å². The molecule has 0 heterocycles. The van der Waals surface area contributed by atoms with Crippen molar-refractivity contribution in [2.75, 3.05) is 0 Å². The Morgan fingerprint density at radius 2 is 1.48 bits per heavy atom. The maximum Gasteiger partial charge on any atom is 0.357 e. The SMILES string of the molecule is Cc1ccc(C(Oc2ccc3ccccc3c2)C(=O)Oc2ccc([N+](=O)[O-])cc2)cc1. The molecule has 0 saturated carbocycles. The van der Waals surface area contributed by atoms with Gasteiger partial charge in [0.25, 0.3) is 5.69 Å². The number of nitro groups is 1. The van der Waals surface area contributed by atoms with Gasteiger partial charge >= 0.3 is 5.97 Å². The van der Waals surface area contributed by atoms with Crippen LogP contribution in [0.3, 0.4) is 0 Å². The molecule has 0 aliphatic carbocycles. The molecule has 0 amide bonds. The van der Waals surface area contributed by atoms with Crippen LogP contribution in [0, 0.1) is 17.0 Å². The smallest absolute Gasteiger partial charge is 0.357 e. The number of aryl methyl sites for hydroxylation is 1. The van der Waals surface area contributed by atoms with Crippen molar-refractivity contribution in [1.82, 2.24) is 0 Å². The molecule has 31 heavy (non-hydrogen) atoms. The standard InChI is InChI=1S/C25H19NO5/c1-17-6-8-19(9-7-17)24(25(27)31-22-14-11-21(12-15-22)26(28)29)30-23-13-10-18-4-2-3-5-20(18)16-23/h2-16,24H,1H3. The number of benzene rings is 4. The monoisotopic (exact) mass is 413 g/mol. The van der Waals surface area contributed by atoms with Gasteiger partial charge in [0.15, 0.2) is 0 Å². The van der Waals surface area contributed by atoms with Gasteiger partial charge in [-0.1, -0.05) is 60.2 Å². The second-order valence-electron chi connectivity index (χ2n) is 7.09. The molecular formula is C25H19NO5. The number of hydrogen-bond acceptors (Lipinski definition) is 5. The Kier molecular flexibility index (Phi) is 5.62. The maximum absolute atomic E-state index is 13.0. The summed E-state index contributed by atoms with van der Waals surface area (Å²) in [6, 6.07) is 26.2. The topological polar surface area (TPSA) is 78.7 Å². The van der Waals surface area contributed by atoms with E-state index in [4.69, 9.17) is 9.47 Å². The van der Waals surface area contributed by atoms with E-state index in [2.05, 4.69) is 0 Å². The second kappa shape index (κ2) is 8.67. The van der Waals surface area contributed by atoms with E-state index in [0.29, 0.717) is 11.3 Å². The highest BCUT2D eigenvalue weighted by molar-refractivity contribution is 5.84. The van der Waals surface area contributed by atoms with Gasteiger partial charge in [0.05, 0.1) is 4.92 Å². The maximum atomic E-state index is 13.0. The third kappa shape index (κ3) is 4.70. The van der Waals surface area contributed by atoms with Crippen molar-refractivity contribution in [3.05, 3.63) is 112 Å². The van der Waals surface area contributed by atoms with E-state index >= 15 is 0 Å². The molecule has 0 aromatic heterocycles. The first kappa shape index (κ1) is 20.1. The van der Waals surface area contributed by atoms with Gasteiger partial charge in [-0.25, -0.2) is 4.79 Å². The van der Waals surface area contributed by atoms with Crippen molar-refractivity contribution in [2.24, 2.45) is 0 Å². The molecule has 0 aliphatic heterocycles. The zero-order valence-electron chi connectivity index (χ0n) is 16.7. The van der Waals surface area contributed by atoms with Gasteiger partial charge in [-0.05, 0) is 42.0 Å². The van der Waals surface area contributed by atoms with Crippen molar-refractivity contribution in [1.29, 1.82) is 0 Å². The molecule has 1 unspecified atom stereocenters. The van der Waals surface area contributed by atoms with Crippen molar-refractivity contribution in [3.63, 3.8) is 0 Å². The average molecular weight is 413 g/mol. The van der Waals surface area contributed by atoms with E-state index in [1.165, 1.54) is 24.3 Å². The largest absolute Gasteiger partial charge is 0.474 e. The van der Waals surface area contributed by atoms with Crippen LogP contribution < -0.4 is 9.47 Å². The average Bonchev–Trinajstić information content (AvgIpc) is 2.78. The lowest BCUT2D eigenvalue weighted by atomic mass is 10.1. The minimum Gasteiger partial charge on any atom is -0.474 e. The molecule has 0 fully saturated rings. The van der Waals surface area contributed by atoms with Crippen molar-refractivity contribution in [3.8, 4) is 11.5 Å². The van der Waals surface area contributed by atoms with Gasteiger partial charge < -0.3 is 9.47 Å². The van der Waals surface area contributed by atoms with Crippen LogP contribution in [0.25, 0.3) is 10.8 Å². The molecule has 4 aromatic carbocycles. The summed E-state index contributed by atoms with van der Waals surface area (Å²) in [6.45, 7) is 1.96. The fraction of sp³-hybridized carbons (Fsp3) is 0.0800. The molecule has 0 saturated heterocycles. The summed E-state index contributed by atoms with van der Waals surface area (Å²) in [5.41, 5.74) is 1.62. The summed E-state index contributed by atoms with van der Waals surface area (Å²) in [6.07, 6.45) is -1.00. The van der Waals surface area contributed by atoms with Crippen LogP contribution in [0.5, 0.6) is 11.5 Å². The van der Waals surface area contributed by atoms with E-state index in [1.807, 2.05) is 73.7 Å². The first-order valence-electron chi connectivity index (χ1n) is 9.68. The molecule has 0 N–H and O–H groups in total. The van der Waals surface area contributed by atoms with Gasteiger partial charge in [0.2, 0.25) is 6.10 Å². The van der Waals surface area contributed by atoms with Crippen molar-refractivity contribution >= 4 is 22.4 Å². The zero-order valence-corrected chi connectivity index (χ0v) is 16.7. The molecule has 4 rings (SSSR count). The molecule has 1 atom stereocenters. The van der Waals surface area contributed by atoms with Crippen molar-refractivity contribution < 1.29 is 19.2 Å². The summed E-state index contributed by atoms with van der Waals surface area (Å²) >= 11 is 0. The number of esters is 1. The van der Waals surface area contributed by atoms with Crippen LogP contribution in [0.2, 0.25) is 0 Å². The summed E-state index contributed by atoms with van der Waals surface area (Å²) in [7, 11) is 0. The summed E-state index contributed by atoms with van der Waals surface area (Å²) in [5, 5.41) is 12.9. The first-order valence-corrected chi connectivity index (χ1v) is 9.68. The van der Waals surface area contributed by atoms with Crippen LogP contribution >= 0.6 is 0 Å². The minimum atomic E-state index is -1.00. The third-order valence-electron chi connectivity index (χ3n) is 4.84. The number of carbonyl (C=O) groups is 1. The molecule has 0 radical (unpaired) electrons. The normalized spacial score (nSPS) is 11.6. The predicted molar refractivity (Wildman–Crippen MR) is 117 cm³/mol. The predicted octanol–water partition coefficient (Wildman–Crippen LogP) is 5.78. The number of carbonyl (C=O) groups excluding carboxylic acids is 1. The molecular weight excluding hydrogens is 394 g/mol. The molecule has 6 heteroatoms. The minimum absolute atomic E-state index is 0.0812. The van der Waals surface area contributed by atoms with Gasteiger partial charge in [-0.3, -0.25) is 10.1 Å². The molecule has 0 spiro atoms. The molecule has 154 valence electrons. The molecule has 6 nitrogen and oxygen atoms in total. The van der Waals surface area contributed by atoms with Gasteiger partial charge in [0.1, 0.15) is 11.5 Å². The van der Waals surface area contributed by atoms with E-state index in [0.717, 1.165) is 16.3 Å². The Morgan fingerprint density at radius 1 is 0.839 bits per heavy atom. The zero-order chi connectivity index (χ0) is 21.8. The Morgan fingerprint density at radius 3 is 2.16 bits per heavy atom. The third-order valence-corrected chi connectivity index (χ3v) is 4.84. The summed E-state index contributed by atoms with van der Waals surface area (Å²) < 4.78 is 11.5. The highest BCUT2D eigenvalue weighted by Gasteiger charge is 2.25. The van der Waals surface area contributed by atoms with Crippen molar-refractivity contribution in [2.45, 2.75) is 13.0 Å². The lowest BCUT2D eigenvalue weighted by molar-refractivity contribution is -0.384. The second-order valence-corrected chi connectivity index (χ2v) is 7.09. The van der Waals surface area contributed by atoms with E-state index < -0.39 is 17.0 Å². The number of fused-ring (bicyclic) bond motifs is 1. The fourth-order valence-corrected chi connectivity index (χ4v) is 3.18. The lowest BCUT2D eigenvalue weighted by Gasteiger charge is -2.19. The number of nitrogens with zero attached hydrogens (tertiary/aromatic N) is 1. The quantitative estimate of drug-likeness (QED) is 0.173. The van der Waals surface area contributed by atoms with Gasteiger partial charge in [-0.2, -0.15) is 0 Å². The van der Waals surface area contributed by atoms with E-state index in [-0.39, 0.29) is 11.4 Å². The van der Waals surface area contributed by atoms with Crippen LogP contribution in [0.1, 0.15) is 17.2 Å². The number of non-ortho nitro benzene ring substituents is 1. The molecule has 0 bridgehead atoms. The summed E-state index contributed by atoms with van der Waals surface area (Å²) in [4.78, 5) is 23.3. The highest BCUT2D eigenvalue weighted by atomic mass is 16.6. The van der Waals surface area contributed by atoms with Gasteiger partial charge in [-0.15, -0.1) is 0 Å².